The average molecular weight is 208 g/mol. The second-order valence-electron chi connectivity index (χ2n) is 2.26. The molecule has 0 heterocycles. The van der Waals surface area contributed by atoms with Crippen molar-refractivity contribution in [3.8, 4) is 0 Å². The monoisotopic (exact) mass is 208 g/mol. The van der Waals surface area contributed by atoms with E-state index in [1.807, 2.05) is 0 Å². The summed E-state index contributed by atoms with van der Waals surface area (Å²) < 4.78 is 0. The molecule has 0 saturated heterocycles. The van der Waals surface area contributed by atoms with Crippen molar-refractivity contribution in [1.82, 2.24) is 5.34 Å². The molecule has 84 valence electrons. The molecule has 0 radical (unpaired) electrons. The first-order valence-electron chi connectivity index (χ1n) is 4.17. The molecular weight excluding hydrogens is 192 g/mol. The fourth-order valence-corrected chi connectivity index (χ4v) is 0.627. The quantitative estimate of drug-likeness (QED) is 0.289. The normalized spacial score (nSPS) is 13.1. The van der Waals surface area contributed by atoms with E-state index in [0.717, 1.165) is 0 Å². The van der Waals surface area contributed by atoms with Crippen molar-refractivity contribution < 1.29 is 25.1 Å². The van der Waals surface area contributed by atoms with E-state index in [4.69, 9.17) is 19.9 Å². The van der Waals surface area contributed by atoms with Crippen LogP contribution in [0.15, 0.2) is 12.7 Å². The average Bonchev–Trinajstić information content (AvgIpc) is 2.18. The number of hydrogen-bond donors (Lipinski definition) is 3. The zero-order valence-electron chi connectivity index (χ0n) is 7.89. The lowest BCUT2D eigenvalue weighted by molar-refractivity contribution is -1.05. The smallest absolute Gasteiger partial charge is 0.117 e. The second-order valence-corrected chi connectivity index (χ2v) is 2.26. The number of hydroxylamine groups is 1. The number of nitrogens with one attached hydrogen (secondary N) is 1. The van der Waals surface area contributed by atoms with Crippen molar-refractivity contribution >= 4 is 0 Å². The van der Waals surface area contributed by atoms with Gasteiger partial charge in [-0.2, -0.15) is 0 Å². The van der Waals surface area contributed by atoms with Gasteiger partial charge in [-0.05, 0) is 6.08 Å². The lowest BCUT2D eigenvalue weighted by atomic mass is 10.7. The van der Waals surface area contributed by atoms with Gasteiger partial charge < -0.3 is 15.4 Å². The molecule has 0 bridgehead atoms. The molecule has 0 aliphatic rings. The first kappa shape index (κ1) is 13.5. The predicted molar refractivity (Wildman–Crippen MR) is 47.3 cm³/mol. The third-order valence-corrected chi connectivity index (χ3v) is 1.12. The molecule has 0 fully saturated rings. The van der Waals surface area contributed by atoms with Gasteiger partial charge in [-0.3, -0.25) is 0 Å². The fourth-order valence-electron chi connectivity index (χ4n) is 0.627. The standard InChI is InChI=1S/C7H16N2O5/c1-2-3-8(12)9(13-6-4-10)14-7-5-11/h2,8,10-11H,1,3-7H2. The van der Waals surface area contributed by atoms with Crippen LogP contribution in [0.3, 0.4) is 0 Å². The maximum atomic E-state index is 11.2. The molecule has 1 atom stereocenters. The summed E-state index contributed by atoms with van der Waals surface area (Å²) in [5, 5.41) is 28.3. The van der Waals surface area contributed by atoms with Gasteiger partial charge in [-0.25, -0.2) is 14.8 Å². The van der Waals surface area contributed by atoms with E-state index in [9.17, 15) is 5.21 Å². The Morgan fingerprint density at radius 2 is 1.79 bits per heavy atom. The molecule has 0 aliphatic heterocycles. The second kappa shape index (κ2) is 9.03. The third-order valence-electron chi connectivity index (χ3n) is 1.12. The summed E-state index contributed by atoms with van der Waals surface area (Å²) in [5.74, 6) is 0. The largest absolute Gasteiger partial charge is 0.609 e. The third kappa shape index (κ3) is 6.00. The highest BCUT2D eigenvalue weighted by Gasteiger charge is 2.12. The zero-order valence-corrected chi connectivity index (χ0v) is 7.89. The highest BCUT2D eigenvalue weighted by Crippen LogP contribution is 1.83. The summed E-state index contributed by atoms with van der Waals surface area (Å²) >= 11 is 0. The fraction of sp³-hybridized carbons (Fsp3) is 0.714. The Morgan fingerprint density at radius 1 is 1.29 bits per heavy atom. The zero-order chi connectivity index (χ0) is 10.8. The first-order valence-corrected chi connectivity index (χ1v) is 4.17. The van der Waals surface area contributed by atoms with Crippen molar-refractivity contribution in [2.75, 3.05) is 33.0 Å². The van der Waals surface area contributed by atoms with Crippen molar-refractivity contribution in [2.24, 2.45) is 0 Å². The van der Waals surface area contributed by atoms with Crippen molar-refractivity contribution in [2.45, 2.75) is 0 Å². The minimum absolute atomic E-state index is 0.0473. The van der Waals surface area contributed by atoms with Gasteiger partial charge in [0.1, 0.15) is 11.9 Å². The molecule has 0 aliphatic carbocycles. The van der Waals surface area contributed by atoms with Gasteiger partial charge in [0.25, 0.3) is 0 Å². The highest BCUT2D eigenvalue weighted by molar-refractivity contribution is 4.61. The number of rotatable bonds is 9. The summed E-state index contributed by atoms with van der Waals surface area (Å²) in [6.45, 7) is 2.91. The van der Waals surface area contributed by atoms with Crippen LogP contribution >= 0.6 is 0 Å². The van der Waals surface area contributed by atoms with E-state index >= 15 is 0 Å². The van der Waals surface area contributed by atoms with Crippen LogP contribution in [0.25, 0.3) is 0 Å². The van der Waals surface area contributed by atoms with Crippen LogP contribution in [-0.4, -0.2) is 48.5 Å². The molecule has 0 amide bonds. The Labute approximate surface area is 82.2 Å². The van der Waals surface area contributed by atoms with Crippen LogP contribution in [0, 0.1) is 5.21 Å². The van der Waals surface area contributed by atoms with Crippen LogP contribution in [0.5, 0.6) is 0 Å². The summed E-state index contributed by atoms with van der Waals surface area (Å²) in [4.78, 5) is 9.52. The van der Waals surface area contributed by atoms with Gasteiger partial charge in [0, 0.05) is 0 Å². The lowest BCUT2D eigenvalue weighted by Gasteiger charge is -2.28. The number of nitrogens with zero attached hydrogens (tertiary/aromatic N) is 1. The summed E-state index contributed by atoms with van der Waals surface area (Å²) in [6.07, 6.45) is 1.40. The lowest BCUT2D eigenvalue weighted by Crippen LogP contribution is -3.13. The van der Waals surface area contributed by atoms with Crippen LogP contribution in [0.4, 0.5) is 0 Å². The molecule has 0 aromatic rings. The number of aliphatic hydroxyl groups is 2. The Balaban J connectivity index is 3.86. The van der Waals surface area contributed by atoms with Crippen LogP contribution < -0.4 is 5.17 Å². The Morgan fingerprint density at radius 3 is 2.14 bits per heavy atom. The molecule has 3 N–H and O–H groups in total. The summed E-state index contributed by atoms with van der Waals surface area (Å²) in [5.41, 5.74) is 0. The molecule has 7 heteroatoms. The summed E-state index contributed by atoms with van der Waals surface area (Å²) in [7, 11) is 0. The van der Waals surface area contributed by atoms with E-state index in [1.54, 1.807) is 0 Å². The molecule has 0 saturated carbocycles. The molecule has 0 aromatic carbocycles. The van der Waals surface area contributed by atoms with Crippen LogP contribution in [0.2, 0.25) is 0 Å². The van der Waals surface area contributed by atoms with Crippen molar-refractivity contribution in [1.29, 1.82) is 0 Å². The van der Waals surface area contributed by atoms with Gasteiger partial charge in [-0.15, -0.1) is 0 Å². The predicted octanol–water partition coefficient (Wildman–Crippen LogP) is -2.38. The van der Waals surface area contributed by atoms with E-state index in [1.165, 1.54) is 6.08 Å². The van der Waals surface area contributed by atoms with E-state index in [0.29, 0.717) is 5.34 Å². The van der Waals surface area contributed by atoms with Gasteiger partial charge >= 0.3 is 0 Å². The van der Waals surface area contributed by atoms with Gasteiger partial charge in [0.15, 0.2) is 0 Å². The number of aliphatic hydroxyl groups excluding tert-OH is 2. The number of quaternary nitrogens is 1. The Hall–Kier alpha value is -0.540. The topological polar surface area (TPSA) is 89.7 Å². The molecule has 0 aromatic heterocycles. The molecule has 14 heavy (non-hydrogen) atoms. The molecule has 7 nitrogen and oxygen atoms in total. The van der Waals surface area contributed by atoms with Crippen molar-refractivity contribution in [3.05, 3.63) is 17.9 Å². The molecule has 0 spiro atoms. The summed E-state index contributed by atoms with van der Waals surface area (Å²) in [6, 6.07) is 0. The van der Waals surface area contributed by atoms with Crippen molar-refractivity contribution in [3.63, 3.8) is 0 Å². The minimum atomic E-state index is -0.443. The molecule has 0 rings (SSSR count). The molecule has 1 unspecified atom stereocenters. The maximum absolute atomic E-state index is 11.2. The van der Waals surface area contributed by atoms with Gasteiger partial charge in [-0.1, -0.05) is 6.58 Å². The van der Waals surface area contributed by atoms with E-state index in [-0.39, 0.29) is 33.0 Å². The highest BCUT2D eigenvalue weighted by atomic mass is 17.0. The maximum Gasteiger partial charge on any atom is 0.117 e. The van der Waals surface area contributed by atoms with Gasteiger partial charge in [0.2, 0.25) is 0 Å². The van der Waals surface area contributed by atoms with E-state index < -0.39 is 5.17 Å². The Bertz CT molecular complexity index is 138. The van der Waals surface area contributed by atoms with E-state index in [2.05, 4.69) is 6.58 Å². The first-order chi connectivity index (χ1) is 6.76. The molecular formula is C7H16N2O5. The van der Waals surface area contributed by atoms with Crippen LogP contribution in [-0.2, 0) is 9.68 Å². The Kier molecular flexibility index (Phi) is 8.68. The SMILES string of the molecule is C=CC[NH+]([O-])N(OCCO)OCCO. The van der Waals surface area contributed by atoms with Crippen LogP contribution in [0.1, 0.15) is 0 Å². The minimum Gasteiger partial charge on any atom is -0.609 e. The number of hydrogen-bond acceptors (Lipinski definition) is 6. The van der Waals surface area contributed by atoms with Gasteiger partial charge in [0.05, 0.1) is 26.4 Å².